The molecule has 1 unspecified atom stereocenters. The van der Waals surface area contributed by atoms with Crippen LogP contribution in [0.1, 0.15) is 39.6 Å². The molecule has 1 N–H and O–H groups in total. The molecule has 0 aliphatic rings. The molecule has 0 radical (unpaired) electrons. The van der Waals surface area contributed by atoms with Gasteiger partial charge in [0.25, 0.3) is 5.91 Å². The van der Waals surface area contributed by atoms with Crippen molar-refractivity contribution in [3.05, 3.63) is 91.1 Å². The number of aryl methyl sites for hydroxylation is 1. The lowest BCUT2D eigenvalue weighted by Gasteiger charge is -2.19. The number of nitro groups is 1. The monoisotopic (exact) mass is 443 g/mol. The highest BCUT2D eigenvalue weighted by Crippen LogP contribution is 2.36. The van der Waals surface area contributed by atoms with Crippen molar-refractivity contribution in [1.82, 2.24) is 0 Å². The molecule has 0 fully saturated rings. The Labute approximate surface area is 182 Å². The maximum Gasteiger partial charge on any atom is 0.433 e. The number of hydrogen-bond acceptors (Lipinski definition) is 5. The van der Waals surface area contributed by atoms with Crippen LogP contribution in [-0.4, -0.2) is 10.8 Å². The molecule has 0 bridgehead atoms. The van der Waals surface area contributed by atoms with Crippen LogP contribution in [0.15, 0.2) is 52.9 Å². The minimum Gasteiger partial charge on any atom is -0.395 e. The van der Waals surface area contributed by atoms with Crippen LogP contribution in [0.2, 0.25) is 10.0 Å². The number of nitrogens with zero attached hydrogens (tertiary/aromatic N) is 2. The number of anilines is 1. The topological polar surface area (TPSA) is 109 Å². The Morgan fingerprint density at radius 2 is 1.93 bits per heavy atom. The number of carbonyl (C=O) groups excluding carboxylic acids is 1. The number of furan rings is 1. The molecule has 1 atom stereocenters. The Morgan fingerprint density at radius 3 is 2.53 bits per heavy atom. The van der Waals surface area contributed by atoms with Gasteiger partial charge in [-0.2, -0.15) is 5.26 Å². The van der Waals surface area contributed by atoms with Crippen LogP contribution in [0.5, 0.6) is 0 Å². The lowest BCUT2D eigenvalue weighted by Crippen LogP contribution is -2.12. The molecule has 30 heavy (non-hydrogen) atoms. The van der Waals surface area contributed by atoms with Crippen LogP contribution >= 0.6 is 23.2 Å². The Hall–Kier alpha value is -3.34. The summed E-state index contributed by atoms with van der Waals surface area (Å²) < 4.78 is 4.92. The number of carbonyl (C=O) groups is 1. The van der Waals surface area contributed by atoms with E-state index in [9.17, 15) is 20.2 Å². The highest BCUT2D eigenvalue weighted by molar-refractivity contribution is 6.32. The summed E-state index contributed by atoms with van der Waals surface area (Å²) in [6.45, 7) is 1.78. The van der Waals surface area contributed by atoms with E-state index in [0.717, 1.165) is 17.2 Å². The number of nitrogens with one attached hydrogen (secondary N) is 1. The minimum absolute atomic E-state index is 0.190. The molecular formula is C21H15Cl2N3O4. The number of rotatable bonds is 6. The quantitative estimate of drug-likeness (QED) is 0.365. The fourth-order valence-electron chi connectivity index (χ4n) is 3.03. The largest absolute Gasteiger partial charge is 0.433 e. The van der Waals surface area contributed by atoms with Gasteiger partial charge >= 0.3 is 5.88 Å². The van der Waals surface area contributed by atoms with Crippen molar-refractivity contribution in [2.75, 3.05) is 5.32 Å². The molecule has 152 valence electrons. The van der Waals surface area contributed by atoms with Gasteiger partial charge in [0.05, 0.1) is 12.1 Å². The fourth-order valence-corrected chi connectivity index (χ4v) is 3.45. The molecule has 7 nitrogen and oxygen atoms in total. The Kier molecular flexibility index (Phi) is 6.40. The fraction of sp³-hybridized carbons (Fsp3) is 0.143. The zero-order valence-electron chi connectivity index (χ0n) is 15.7. The summed E-state index contributed by atoms with van der Waals surface area (Å²) in [5.74, 6) is -1.62. The van der Waals surface area contributed by atoms with E-state index in [2.05, 4.69) is 11.4 Å². The molecule has 1 amide bonds. The van der Waals surface area contributed by atoms with Gasteiger partial charge in [0.1, 0.15) is 4.92 Å². The highest BCUT2D eigenvalue weighted by Gasteiger charge is 2.21. The van der Waals surface area contributed by atoms with E-state index in [0.29, 0.717) is 21.3 Å². The van der Waals surface area contributed by atoms with Crippen molar-refractivity contribution in [2.24, 2.45) is 0 Å². The molecule has 1 aromatic heterocycles. The van der Waals surface area contributed by atoms with Crippen LogP contribution in [-0.2, 0) is 0 Å². The summed E-state index contributed by atoms with van der Waals surface area (Å²) in [6.07, 6.45) is 0.211. The first kappa shape index (κ1) is 21.4. The van der Waals surface area contributed by atoms with E-state index >= 15 is 0 Å². The SMILES string of the molecule is Cc1cc(C(CC#N)c2ccc(Cl)cc2)c(Cl)cc1NC(=O)c1ccc([N+](=O)[O-])o1. The molecule has 0 aliphatic carbocycles. The number of nitriles is 1. The third-order valence-electron chi connectivity index (χ3n) is 4.53. The number of benzene rings is 2. The van der Waals surface area contributed by atoms with E-state index < -0.39 is 16.7 Å². The second kappa shape index (κ2) is 8.99. The maximum absolute atomic E-state index is 12.4. The lowest BCUT2D eigenvalue weighted by molar-refractivity contribution is -0.402. The van der Waals surface area contributed by atoms with Gasteiger partial charge < -0.3 is 9.73 Å². The predicted molar refractivity (Wildman–Crippen MR) is 113 cm³/mol. The second-order valence-corrected chi connectivity index (χ2v) is 7.35. The summed E-state index contributed by atoms with van der Waals surface area (Å²) in [5.41, 5.74) is 2.77. The van der Waals surface area contributed by atoms with Crippen molar-refractivity contribution in [1.29, 1.82) is 5.26 Å². The van der Waals surface area contributed by atoms with Crippen LogP contribution in [0.25, 0.3) is 0 Å². The predicted octanol–water partition coefficient (Wildman–Crippen LogP) is 6.10. The lowest BCUT2D eigenvalue weighted by atomic mass is 9.88. The summed E-state index contributed by atoms with van der Waals surface area (Å²) in [4.78, 5) is 22.4. The summed E-state index contributed by atoms with van der Waals surface area (Å²) in [6, 6.07) is 15.1. The maximum atomic E-state index is 12.4. The van der Waals surface area contributed by atoms with Crippen molar-refractivity contribution in [3.63, 3.8) is 0 Å². The Bertz CT molecular complexity index is 1150. The number of hydrogen-bond donors (Lipinski definition) is 1. The van der Waals surface area contributed by atoms with Crippen molar-refractivity contribution in [3.8, 4) is 6.07 Å². The van der Waals surface area contributed by atoms with Gasteiger partial charge in [0.2, 0.25) is 0 Å². The van der Waals surface area contributed by atoms with Crippen LogP contribution in [0.3, 0.4) is 0 Å². The standard InChI is InChI=1S/C21H15Cl2N3O4/c1-12-10-16(15(8-9-24)13-2-4-14(22)5-3-13)17(23)11-18(12)25-21(27)19-6-7-20(30-19)26(28)29/h2-7,10-11,15H,8H2,1H3,(H,25,27). The minimum atomic E-state index is -0.722. The summed E-state index contributed by atoms with van der Waals surface area (Å²) in [7, 11) is 0. The summed E-state index contributed by atoms with van der Waals surface area (Å²) in [5, 5.41) is 23.6. The first-order chi connectivity index (χ1) is 14.3. The molecule has 3 rings (SSSR count). The van der Waals surface area contributed by atoms with Gasteiger partial charge in [0.15, 0.2) is 5.76 Å². The first-order valence-corrected chi connectivity index (χ1v) is 9.53. The number of amides is 1. The van der Waals surface area contributed by atoms with Crippen LogP contribution < -0.4 is 5.32 Å². The zero-order valence-corrected chi connectivity index (χ0v) is 17.2. The van der Waals surface area contributed by atoms with Gasteiger partial charge in [-0.25, -0.2) is 0 Å². The Balaban J connectivity index is 1.90. The molecule has 2 aromatic carbocycles. The van der Waals surface area contributed by atoms with Crippen molar-refractivity contribution in [2.45, 2.75) is 19.3 Å². The van der Waals surface area contributed by atoms with Gasteiger partial charge in [-0.1, -0.05) is 41.4 Å². The van der Waals surface area contributed by atoms with Crippen molar-refractivity contribution >= 4 is 40.7 Å². The zero-order chi connectivity index (χ0) is 21.8. The van der Waals surface area contributed by atoms with Crippen LogP contribution in [0, 0.1) is 28.4 Å². The highest BCUT2D eigenvalue weighted by atomic mass is 35.5. The van der Waals surface area contributed by atoms with E-state index in [-0.39, 0.29) is 18.1 Å². The molecular weight excluding hydrogens is 429 g/mol. The molecule has 0 spiro atoms. The third kappa shape index (κ3) is 4.62. The normalized spacial score (nSPS) is 11.5. The van der Waals surface area contributed by atoms with E-state index in [1.807, 2.05) is 12.1 Å². The van der Waals surface area contributed by atoms with Gasteiger partial charge in [0, 0.05) is 28.1 Å². The average Bonchev–Trinajstić information content (AvgIpc) is 3.20. The van der Waals surface area contributed by atoms with E-state index in [1.165, 1.54) is 6.07 Å². The smallest absolute Gasteiger partial charge is 0.395 e. The first-order valence-electron chi connectivity index (χ1n) is 8.78. The summed E-state index contributed by atoms with van der Waals surface area (Å²) >= 11 is 12.4. The molecule has 0 saturated heterocycles. The Morgan fingerprint density at radius 1 is 1.23 bits per heavy atom. The van der Waals surface area contributed by atoms with Gasteiger partial charge in [-0.15, -0.1) is 0 Å². The van der Waals surface area contributed by atoms with Gasteiger partial charge in [-0.3, -0.25) is 14.9 Å². The molecule has 1 heterocycles. The van der Waals surface area contributed by atoms with Crippen molar-refractivity contribution < 1.29 is 14.1 Å². The number of halogens is 2. The van der Waals surface area contributed by atoms with E-state index in [4.69, 9.17) is 27.6 Å². The average molecular weight is 444 g/mol. The third-order valence-corrected chi connectivity index (χ3v) is 5.11. The molecule has 9 heteroatoms. The second-order valence-electron chi connectivity index (χ2n) is 6.50. The van der Waals surface area contributed by atoms with E-state index in [1.54, 1.807) is 31.2 Å². The molecule has 0 aliphatic heterocycles. The van der Waals surface area contributed by atoms with Gasteiger partial charge in [-0.05, 0) is 47.9 Å². The molecule has 3 aromatic rings. The molecule has 0 saturated carbocycles. The van der Waals surface area contributed by atoms with Crippen LogP contribution in [0.4, 0.5) is 11.6 Å².